The van der Waals surface area contributed by atoms with Crippen LogP contribution < -0.4 is 10.6 Å². The first-order valence-electron chi connectivity index (χ1n) is 9.61. The van der Waals surface area contributed by atoms with Crippen molar-refractivity contribution >= 4 is 40.3 Å². The van der Waals surface area contributed by atoms with Gasteiger partial charge in [0.1, 0.15) is 5.82 Å². The standard InChI is InChI=1S/C22H21FN4OS2/c1-14-9-10-18(30-14)21-20(17-8-4-5-12-24-17)26-22(29)27(21)13-11-19(28)25-16-7-3-2-6-15(16)23/h2-10,12,20-21H,11,13H2,1H3,(H,25,28)(H,26,29)/t20-,21-/m1/s1. The minimum Gasteiger partial charge on any atom is -0.352 e. The average Bonchev–Trinajstić information content (AvgIpc) is 3.31. The summed E-state index contributed by atoms with van der Waals surface area (Å²) in [4.78, 5) is 21.4. The molecule has 2 atom stereocenters. The zero-order chi connectivity index (χ0) is 21.1. The highest BCUT2D eigenvalue weighted by molar-refractivity contribution is 7.80. The number of hydrogen-bond donors (Lipinski definition) is 2. The van der Waals surface area contributed by atoms with E-state index in [0.29, 0.717) is 11.7 Å². The number of anilines is 1. The number of hydrogen-bond acceptors (Lipinski definition) is 4. The summed E-state index contributed by atoms with van der Waals surface area (Å²) in [5.41, 5.74) is 1.08. The largest absolute Gasteiger partial charge is 0.352 e. The van der Waals surface area contributed by atoms with Crippen LogP contribution in [0.3, 0.4) is 0 Å². The van der Waals surface area contributed by atoms with Crippen molar-refractivity contribution in [1.29, 1.82) is 0 Å². The summed E-state index contributed by atoms with van der Waals surface area (Å²) >= 11 is 7.31. The summed E-state index contributed by atoms with van der Waals surface area (Å²) in [6, 6.07) is 16.0. The van der Waals surface area contributed by atoms with E-state index in [0.717, 1.165) is 10.6 Å². The van der Waals surface area contributed by atoms with Crippen LogP contribution in [0.1, 0.15) is 34.0 Å². The van der Waals surface area contributed by atoms with Crippen molar-refractivity contribution in [3.63, 3.8) is 0 Å². The lowest BCUT2D eigenvalue weighted by Crippen LogP contribution is -2.32. The first-order valence-corrected chi connectivity index (χ1v) is 10.8. The second-order valence-electron chi connectivity index (χ2n) is 7.05. The Morgan fingerprint density at radius 1 is 1.23 bits per heavy atom. The number of para-hydroxylation sites is 1. The number of carbonyl (C=O) groups is 1. The lowest BCUT2D eigenvalue weighted by molar-refractivity contribution is -0.116. The van der Waals surface area contributed by atoms with Crippen molar-refractivity contribution in [2.45, 2.75) is 25.4 Å². The molecular weight excluding hydrogens is 419 g/mol. The molecule has 0 radical (unpaired) electrons. The highest BCUT2D eigenvalue weighted by Crippen LogP contribution is 2.41. The van der Waals surface area contributed by atoms with Crippen LogP contribution >= 0.6 is 23.6 Å². The number of pyridine rings is 1. The molecule has 0 aliphatic carbocycles. The molecule has 3 aromatic rings. The fourth-order valence-electron chi connectivity index (χ4n) is 3.56. The molecule has 1 amide bonds. The highest BCUT2D eigenvalue weighted by Gasteiger charge is 2.40. The van der Waals surface area contributed by atoms with Crippen molar-refractivity contribution in [3.05, 3.63) is 82.1 Å². The van der Waals surface area contributed by atoms with Crippen LogP contribution in [0.2, 0.25) is 0 Å². The normalized spacial score (nSPS) is 18.3. The summed E-state index contributed by atoms with van der Waals surface area (Å²) < 4.78 is 13.8. The molecule has 0 spiro atoms. The van der Waals surface area contributed by atoms with E-state index in [1.54, 1.807) is 35.7 Å². The number of amides is 1. The van der Waals surface area contributed by atoms with Gasteiger partial charge in [0, 0.05) is 28.9 Å². The SMILES string of the molecule is Cc1ccc([C@@H]2[C@@H](c3ccccn3)NC(=S)N2CCC(=O)Nc2ccccc2F)s1. The third-order valence-electron chi connectivity index (χ3n) is 4.98. The van der Waals surface area contributed by atoms with Crippen LogP contribution in [-0.4, -0.2) is 27.4 Å². The summed E-state index contributed by atoms with van der Waals surface area (Å²) in [6.45, 7) is 2.48. The molecule has 0 bridgehead atoms. The number of nitrogens with zero attached hydrogens (tertiary/aromatic N) is 2. The monoisotopic (exact) mass is 440 g/mol. The van der Waals surface area contributed by atoms with Crippen LogP contribution in [0.25, 0.3) is 0 Å². The molecule has 5 nitrogen and oxygen atoms in total. The fourth-order valence-corrected chi connectivity index (χ4v) is 4.92. The molecule has 0 saturated carbocycles. The molecule has 30 heavy (non-hydrogen) atoms. The highest BCUT2D eigenvalue weighted by atomic mass is 32.1. The third kappa shape index (κ3) is 4.34. The van der Waals surface area contributed by atoms with Crippen molar-refractivity contribution in [3.8, 4) is 0 Å². The van der Waals surface area contributed by atoms with E-state index in [9.17, 15) is 9.18 Å². The maximum Gasteiger partial charge on any atom is 0.226 e. The molecule has 3 heterocycles. The number of nitrogens with one attached hydrogen (secondary N) is 2. The quantitative estimate of drug-likeness (QED) is 0.549. The molecular formula is C22H21FN4OS2. The van der Waals surface area contributed by atoms with Crippen LogP contribution in [0, 0.1) is 12.7 Å². The lowest BCUT2D eigenvalue weighted by Gasteiger charge is -2.26. The molecule has 2 aromatic heterocycles. The van der Waals surface area contributed by atoms with Gasteiger partial charge >= 0.3 is 0 Å². The Labute approximate surface area is 183 Å². The molecule has 0 unspecified atom stereocenters. The average molecular weight is 441 g/mol. The zero-order valence-electron chi connectivity index (χ0n) is 16.3. The van der Waals surface area contributed by atoms with E-state index in [-0.39, 0.29) is 30.1 Å². The minimum absolute atomic E-state index is 0.0626. The Hall–Kier alpha value is -2.84. The Balaban J connectivity index is 1.52. The Morgan fingerprint density at radius 2 is 2.03 bits per heavy atom. The van der Waals surface area contributed by atoms with Crippen molar-refractivity contribution in [1.82, 2.24) is 15.2 Å². The molecule has 4 rings (SSSR count). The number of aryl methyl sites for hydroxylation is 1. The van der Waals surface area contributed by atoms with E-state index >= 15 is 0 Å². The first-order chi connectivity index (χ1) is 14.5. The van der Waals surface area contributed by atoms with Gasteiger partial charge in [0.25, 0.3) is 0 Å². The van der Waals surface area contributed by atoms with Crippen LogP contribution in [0.15, 0.2) is 60.8 Å². The van der Waals surface area contributed by atoms with Gasteiger partial charge in [-0.2, -0.15) is 0 Å². The Morgan fingerprint density at radius 3 is 2.73 bits per heavy atom. The van der Waals surface area contributed by atoms with E-state index in [1.807, 2.05) is 23.1 Å². The second kappa shape index (κ2) is 8.89. The number of thiophene rings is 1. The molecule has 2 N–H and O–H groups in total. The maximum absolute atomic E-state index is 13.8. The summed E-state index contributed by atoms with van der Waals surface area (Å²) in [5.74, 6) is -0.711. The van der Waals surface area contributed by atoms with Gasteiger partial charge in [0.15, 0.2) is 5.11 Å². The molecule has 1 fully saturated rings. The molecule has 1 aliphatic rings. The smallest absolute Gasteiger partial charge is 0.226 e. The summed E-state index contributed by atoms with van der Waals surface area (Å²) in [5, 5.41) is 6.59. The van der Waals surface area contributed by atoms with Crippen molar-refractivity contribution in [2.75, 3.05) is 11.9 Å². The Kier molecular flexibility index (Phi) is 6.06. The molecule has 1 aromatic carbocycles. The van der Waals surface area contributed by atoms with Gasteiger partial charge in [0.2, 0.25) is 5.91 Å². The van der Waals surface area contributed by atoms with E-state index in [4.69, 9.17) is 12.2 Å². The third-order valence-corrected chi connectivity index (χ3v) is 6.40. The van der Waals surface area contributed by atoms with Crippen molar-refractivity contribution in [2.24, 2.45) is 0 Å². The number of aromatic nitrogens is 1. The molecule has 154 valence electrons. The van der Waals surface area contributed by atoms with Gasteiger partial charge in [-0.05, 0) is 55.5 Å². The van der Waals surface area contributed by atoms with Crippen LogP contribution in [0.5, 0.6) is 0 Å². The van der Waals surface area contributed by atoms with Crippen LogP contribution in [-0.2, 0) is 4.79 Å². The predicted molar refractivity (Wildman–Crippen MR) is 121 cm³/mol. The molecule has 8 heteroatoms. The maximum atomic E-state index is 13.8. The van der Waals surface area contributed by atoms with Gasteiger partial charge in [-0.3, -0.25) is 9.78 Å². The van der Waals surface area contributed by atoms with E-state index in [1.165, 1.54) is 10.9 Å². The van der Waals surface area contributed by atoms with Gasteiger partial charge in [0.05, 0.1) is 23.5 Å². The van der Waals surface area contributed by atoms with Gasteiger partial charge in [-0.1, -0.05) is 18.2 Å². The minimum atomic E-state index is -0.452. The van der Waals surface area contributed by atoms with Crippen LogP contribution in [0.4, 0.5) is 10.1 Å². The molecule has 1 aliphatic heterocycles. The van der Waals surface area contributed by atoms with Gasteiger partial charge < -0.3 is 15.5 Å². The number of halogens is 1. The second-order valence-corrected chi connectivity index (χ2v) is 8.75. The zero-order valence-corrected chi connectivity index (χ0v) is 18.0. The Bertz CT molecular complexity index is 1060. The molecule has 1 saturated heterocycles. The lowest BCUT2D eigenvalue weighted by atomic mass is 10.0. The van der Waals surface area contributed by atoms with E-state index < -0.39 is 5.82 Å². The first kappa shape index (κ1) is 20.4. The summed E-state index contributed by atoms with van der Waals surface area (Å²) in [7, 11) is 0. The topological polar surface area (TPSA) is 57.3 Å². The number of carbonyl (C=O) groups excluding carboxylic acids is 1. The number of benzene rings is 1. The van der Waals surface area contributed by atoms with Gasteiger partial charge in [-0.15, -0.1) is 11.3 Å². The summed E-state index contributed by atoms with van der Waals surface area (Å²) in [6.07, 6.45) is 1.95. The van der Waals surface area contributed by atoms with E-state index in [2.05, 4.69) is 34.7 Å². The van der Waals surface area contributed by atoms with Crippen molar-refractivity contribution < 1.29 is 9.18 Å². The number of thiocarbonyl (C=S) groups is 1. The predicted octanol–water partition coefficient (Wildman–Crippen LogP) is 4.59. The van der Waals surface area contributed by atoms with Gasteiger partial charge in [-0.25, -0.2) is 4.39 Å². The fraction of sp³-hybridized carbons (Fsp3) is 0.227. The number of rotatable bonds is 6.